The van der Waals surface area contributed by atoms with E-state index in [4.69, 9.17) is 5.73 Å². The zero-order valence-corrected chi connectivity index (χ0v) is 11.3. The van der Waals surface area contributed by atoms with Crippen LogP contribution in [0.25, 0.3) is 0 Å². The fraction of sp³-hybridized carbons (Fsp3) is 0.615. The summed E-state index contributed by atoms with van der Waals surface area (Å²) in [7, 11) is 0. The Labute approximate surface area is 112 Å². The van der Waals surface area contributed by atoms with Crippen molar-refractivity contribution in [1.29, 1.82) is 0 Å². The first-order valence-electron chi connectivity index (χ1n) is 6.67. The van der Waals surface area contributed by atoms with E-state index in [0.717, 1.165) is 36.9 Å². The molecule has 0 spiro atoms. The second-order valence-electron chi connectivity index (χ2n) is 5.33. The Morgan fingerprint density at radius 1 is 1.32 bits per heavy atom. The largest absolute Gasteiger partial charge is 0.368 e. The summed E-state index contributed by atoms with van der Waals surface area (Å²) in [6.45, 7) is 3.69. The molecule has 1 aromatic heterocycles. The molecule has 0 bridgehead atoms. The molecule has 1 heterocycles. The van der Waals surface area contributed by atoms with Crippen molar-refractivity contribution in [3.8, 4) is 0 Å². The van der Waals surface area contributed by atoms with Gasteiger partial charge in [0.05, 0.1) is 0 Å². The molecule has 6 nitrogen and oxygen atoms in total. The van der Waals surface area contributed by atoms with Crippen LogP contribution in [0.5, 0.6) is 0 Å². The van der Waals surface area contributed by atoms with Crippen molar-refractivity contribution in [2.45, 2.75) is 45.6 Å². The molecule has 1 aliphatic carbocycles. The maximum absolute atomic E-state index is 12.2. The molecule has 0 saturated carbocycles. The van der Waals surface area contributed by atoms with Crippen LogP contribution in [0.2, 0.25) is 0 Å². The molecule has 2 amide bonds. The standard InChI is InChI=1S/C13H20N4O2/c1-7(2)10(12(14)18)15-13(19)11-8-5-3-4-6-9(8)16-17-11/h7,10H,3-6H2,1-2H3,(H2,14,18)(H,15,19)(H,16,17)/t10-/m1/s1. The van der Waals surface area contributed by atoms with Crippen LogP contribution in [0.3, 0.4) is 0 Å². The molecule has 0 unspecified atom stereocenters. The van der Waals surface area contributed by atoms with Crippen LogP contribution in [0, 0.1) is 5.92 Å². The Balaban J connectivity index is 2.16. The molecule has 2 rings (SSSR count). The highest BCUT2D eigenvalue weighted by Crippen LogP contribution is 2.22. The number of H-pyrrole nitrogens is 1. The number of nitrogens with one attached hydrogen (secondary N) is 2. The molecule has 1 aromatic rings. The molecule has 104 valence electrons. The normalized spacial score (nSPS) is 15.9. The zero-order chi connectivity index (χ0) is 14.0. The van der Waals surface area contributed by atoms with Gasteiger partial charge in [0.2, 0.25) is 5.91 Å². The van der Waals surface area contributed by atoms with E-state index in [0.29, 0.717) is 5.69 Å². The number of carbonyl (C=O) groups is 2. The van der Waals surface area contributed by atoms with Gasteiger partial charge in [0.25, 0.3) is 5.91 Å². The van der Waals surface area contributed by atoms with Crippen molar-refractivity contribution >= 4 is 11.8 Å². The summed E-state index contributed by atoms with van der Waals surface area (Å²) < 4.78 is 0. The highest BCUT2D eigenvalue weighted by Gasteiger charge is 2.26. The molecule has 0 fully saturated rings. The van der Waals surface area contributed by atoms with Crippen LogP contribution in [0.15, 0.2) is 0 Å². The van der Waals surface area contributed by atoms with Gasteiger partial charge < -0.3 is 11.1 Å². The summed E-state index contributed by atoms with van der Waals surface area (Å²) in [5, 5.41) is 9.66. The molecule has 0 saturated heterocycles. The maximum atomic E-state index is 12.2. The van der Waals surface area contributed by atoms with Crippen LogP contribution < -0.4 is 11.1 Å². The molecule has 1 aliphatic rings. The van der Waals surface area contributed by atoms with Crippen LogP contribution >= 0.6 is 0 Å². The van der Waals surface area contributed by atoms with E-state index in [1.165, 1.54) is 0 Å². The van der Waals surface area contributed by atoms with Gasteiger partial charge in [-0.25, -0.2) is 0 Å². The van der Waals surface area contributed by atoms with Gasteiger partial charge in [0.15, 0.2) is 5.69 Å². The molecule has 19 heavy (non-hydrogen) atoms. The molecule has 0 aliphatic heterocycles. The lowest BCUT2D eigenvalue weighted by Gasteiger charge is -2.19. The minimum Gasteiger partial charge on any atom is -0.368 e. The molecule has 6 heteroatoms. The summed E-state index contributed by atoms with van der Waals surface area (Å²) >= 11 is 0. The summed E-state index contributed by atoms with van der Waals surface area (Å²) in [6, 6.07) is -0.663. The van der Waals surface area contributed by atoms with Crippen molar-refractivity contribution in [3.05, 3.63) is 17.0 Å². The number of aryl methyl sites for hydroxylation is 1. The maximum Gasteiger partial charge on any atom is 0.272 e. The van der Waals surface area contributed by atoms with Gasteiger partial charge in [-0.1, -0.05) is 13.8 Å². The van der Waals surface area contributed by atoms with Crippen LogP contribution in [0.1, 0.15) is 48.4 Å². The topological polar surface area (TPSA) is 101 Å². The number of nitrogens with two attached hydrogens (primary N) is 1. The Morgan fingerprint density at radius 3 is 2.63 bits per heavy atom. The second-order valence-corrected chi connectivity index (χ2v) is 5.33. The molecule has 1 atom stereocenters. The van der Waals surface area contributed by atoms with Crippen molar-refractivity contribution in [1.82, 2.24) is 15.5 Å². The number of aromatic nitrogens is 2. The third-order valence-electron chi connectivity index (χ3n) is 3.53. The van der Waals surface area contributed by atoms with E-state index in [9.17, 15) is 9.59 Å². The third kappa shape index (κ3) is 2.77. The van der Waals surface area contributed by atoms with Gasteiger partial charge in [-0.15, -0.1) is 0 Å². The number of hydrogen-bond donors (Lipinski definition) is 3. The van der Waals surface area contributed by atoms with Crippen LogP contribution in [-0.4, -0.2) is 28.1 Å². The lowest BCUT2D eigenvalue weighted by atomic mass is 9.95. The number of primary amides is 1. The molecular formula is C13H20N4O2. The minimum absolute atomic E-state index is 0.0452. The fourth-order valence-corrected chi connectivity index (χ4v) is 2.44. The number of amides is 2. The first-order chi connectivity index (χ1) is 9.00. The monoisotopic (exact) mass is 264 g/mol. The number of fused-ring (bicyclic) bond motifs is 1. The number of rotatable bonds is 4. The minimum atomic E-state index is -0.663. The summed E-state index contributed by atoms with van der Waals surface area (Å²) in [4.78, 5) is 23.5. The molecular weight excluding hydrogens is 244 g/mol. The van der Waals surface area contributed by atoms with E-state index < -0.39 is 11.9 Å². The van der Waals surface area contributed by atoms with Crippen molar-refractivity contribution in [2.75, 3.05) is 0 Å². The zero-order valence-electron chi connectivity index (χ0n) is 11.3. The highest BCUT2D eigenvalue weighted by molar-refractivity contribution is 5.97. The Morgan fingerprint density at radius 2 is 2.00 bits per heavy atom. The predicted molar refractivity (Wildman–Crippen MR) is 70.5 cm³/mol. The van der Waals surface area contributed by atoms with E-state index in [2.05, 4.69) is 15.5 Å². The number of nitrogens with zero attached hydrogens (tertiary/aromatic N) is 1. The first-order valence-corrected chi connectivity index (χ1v) is 6.67. The van der Waals surface area contributed by atoms with Gasteiger partial charge in [0.1, 0.15) is 6.04 Å². The fourth-order valence-electron chi connectivity index (χ4n) is 2.44. The number of hydrogen-bond acceptors (Lipinski definition) is 3. The van der Waals surface area contributed by atoms with Gasteiger partial charge >= 0.3 is 0 Å². The quantitative estimate of drug-likeness (QED) is 0.739. The second kappa shape index (κ2) is 5.42. The summed E-state index contributed by atoms with van der Waals surface area (Å²) in [6.07, 6.45) is 3.97. The van der Waals surface area contributed by atoms with Crippen molar-refractivity contribution in [2.24, 2.45) is 11.7 Å². The summed E-state index contributed by atoms with van der Waals surface area (Å²) in [5.74, 6) is -0.888. The molecule has 0 radical (unpaired) electrons. The number of carbonyl (C=O) groups excluding carboxylic acids is 2. The van der Waals surface area contributed by atoms with E-state index in [1.54, 1.807) is 0 Å². The Hall–Kier alpha value is -1.85. The average Bonchev–Trinajstić information content (AvgIpc) is 2.78. The smallest absolute Gasteiger partial charge is 0.272 e. The third-order valence-corrected chi connectivity index (χ3v) is 3.53. The van der Waals surface area contributed by atoms with Crippen LogP contribution in [0.4, 0.5) is 0 Å². The Bertz CT molecular complexity index is 493. The van der Waals surface area contributed by atoms with E-state index in [-0.39, 0.29) is 11.8 Å². The van der Waals surface area contributed by atoms with Crippen molar-refractivity contribution in [3.63, 3.8) is 0 Å². The summed E-state index contributed by atoms with van der Waals surface area (Å²) in [5.41, 5.74) is 7.72. The number of aromatic amines is 1. The SMILES string of the molecule is CC(C)[C@@H](NC(=O)c1n[nH]c2c1CCCC2)C(N)=O. The van der Waals surface area contributed by atoms with E-state index >= 15 is 0 Å². The average molecular weight is 264 g/mol. The van der Waals surface area contributed by atoms with Crippen LogP contribution in [-0.2, 0) is 17.6 Å². The molecule has 4 N–H and O–H groups in total. The van der Waals surface area contributed by atoms with Crippen molar-refractivity contribution < 1.29 is 9.59 Å². The van der Waals surface area contributed by atoms with Gasteiger partial charge in [-0.05, 0) is 31.6 Å². The first kappa shape index (κ1) is 13.6. The lowest BCUT2D eigenvalue weighted by Crippen LogP contribution is -2.48. The van der Waals surface area contributed by atoms with Gasteiger partial charge in [0, 0.05) is 11.3 Å². The Kier molecular flexibility index (Phi) is 3.87. The van der Waals surface area contributed by atoms with Gasteiger partial charge in [-0.3, -0.25) is 14.7 Å². The predicted octanol–water partition coefficient (Wildman–Crippen LogP) is 0.528. The lowest BCUT2D eigenvalue weighted by molar-refractivity contribution is -0.120. The molecule has 0 aromatic carbocycles. The highest BCUT2D eigenvalue weighted by atomic mass is 16.2. The van der Waals surface area contributed by atoms with E-state index in [1.807, 2.05) is 13.8 Å². The van der Waals surface area contributed by atoms with Gasteiger partial charge in [-0.2, -0.15) is 5.10 Å².